The second kappa shape index (κ2) is 17.7. The lowest BCUT2D eigenvalue weighted by molar-refractivity contribution is 0.00578. The molecule has 0 saturated carbocycles. The number of benzene rings is 3. The number of aromatic nitrogens is 4. The first-order valence-corrected chi connectivity index (χ1v) is 24.5. The molecule has 74 heavy (non-hydrogen) atoms. The minimum atomic E-state index is -0.738. The number of nitrogens with one attached hydrogen (secondary N) is 3. The van der Waals surface area contributed by atoms with Crippen molar-refractivity contribution in [3.8, 4) is 34.4 Å². The molecule has 2 amide bonds. The highest BCUT2D eigenvalue weighted by molar-refractivity contribution is 7.81. The van der Waals surface area contributed by atoms with Crippen molar-refractivity contribution in [2.24, 2.45) is 0 Å². The Morgan fingerprint density at radius 2 is 1.42 bits per heavy atom. The van der Waals surface area contributed by atoms with E-state index < -0.39 is 41.5 Å². The molecule has 3 N–H and O–H groups in total. The van der Waals surface area contributed by atoms with Gasteiger partial charge in [-0.15, -0.1) is 0 Å². The second-order valence-electron chi connectivity index (χ2n) is 19.9. The predicted octanol–water partition coefficient (Wildman–Crippen LogP) is 8.10. The van der Waals surface area contributed by atoms with E-state index in [1.807, 2.05) is 65.0 Å². The number of amides is 2. The first kappa shape index (κ1) is 48.4. The van der Waals surface area contributed by atoms with Gasteiger partial charge < -0.3 is 43.0 Å². The minimum Gasteiger partial charge on any atom is -0.439 e. The number of carbonyl (C=O) groups is 2. The van der Waals surface area contributed by atoms with Crippen LogP contribution < -0.4 is 36.8 Å². The van der Waals surface area contributed by atoms with E-state index in [1.54, 1.807) is 61.1 Å². The molecule has 0 radical (unpaired) electrons. The van der Waals surface area contributed by atoms with Crippen molar-refractivity contribution < 1.29 is 32.1 Å². The molecule has 3 aromatic carbocycles. The zero-order chi connectivity index (χ0) is 52.3. The molecule has 376 valence electrons. The van der Waals surface area contributed by atoms with Gasteiger partial charge in [-0.1, -0.05) is 18.9 Å². The van der Waals surface area contributed by atoms with E-state index in [0.29, 0.717) is 90.7 Å². The molecule has 8 heterocycles. The molecule has 2 aliphatic rings. The summed E-state index contributed by atoms with van der Waals surface area (Å²) in [6, 6.07) is 22.8. The zero-order valence-electron chi connectivity index (χ0n) is 42.2. The molecule has 19 heteroatoms. The summed E-state index contributed by atoms with van der Waals surface area (Å²) >= 11 is 4.68. The van der Waals surface area contributed by atoms with Gasteiger partial charge in [-0.2, -0.15) is 0 Å². The van der Waals surface area contributed by atoms with Gasteiger partial charge in [-0.05, 0) is 118 Å². The summed E-state index contributed by atoms with van der Waals surface area (Å²) in [6.45, 7) is 10.3. The van der Waals surface area contributed by atoms with Crippen molar-refractivity contribution in [1.82, 2.24) is 29.3 Å². The van der Waals surface area contributed by atoms with Crippen LogP contribution >= 0.6 is 12.8 Å². The predicted molar refractivity (Wildman–Crippen MR) is 288 cm³/mol. The fourth-order valence-corrected chi connectivity index (χ4v) is 10.3. The maximum Gasteiger partial charge on any atom is 0.496 e. The third kappa shape index (κ3) is 7.79. The fraction of sp³-hybridized carbons (Fsp3) is 0.255. The quantitative estimate of drug-likeness (QED) is 0.0769. The summed E-state index contributed by atoms with van der Waals surface area (Å²) in [6.07, 6.45) is 4.02. The van der Waals surface area contributed by atoms with Crippen molar-refractivity contribution in [2.45, 2.75) is 65.2 Å². The lowest BCUT2D eigenvalue weighted by atomic mass is 9.77. The van der Waals surface area contributed by atoms with E-state index in [-0.39, 0.29) is 34.9 Å². The Morgan fingerprint density at radius 3 is 2.04 bits per heavy atom. The van der Waals surface area contributed by atoms with Gasteiger partial charge in [0.25, 0.3) is 22.9 Å². The number of halogens is 1. The van der Waals surface area contributed by atoms with Gasteiger partial charge in [0.15, 0.2) is 0 Å². The lowest BCUT2D eigenvalue weighted by Gasteiger charge is -2.32. The van der Waals surface area contributed by atoms with Gasteiger partial charge in [0.05, 0.1) is 39.5 Å². The Bertz CT molecular complexity index is 3960. The van der Waals surface area contributed by atoms with Crippen LogP contribution in [0.2, 0.25) is 0 Å². The first-order chi connectivity index (χ1) is 35.3. The van der Waals surface area contributed by atoms with Crippen molar-refractivity contribution in [3.63, 3.8) is 0 Å². The number of fused-ring (bicyclic) bond motifs is 7. The Balaban J connectivity index is 0.935. The first-order valence-electron chi connectivity index (χ1n) is 24.1. The average Bonchev–Trinajstić information content (AvgIpc) is 4.11. The lowest BCUT2D eigenvalue weighted by Crippen LogP contribution is -2.41. The SMILES string of the molecule is CNC(=O)c1c(-n2ccc(Cc3cc(F)c4cc5n(c4c3)CCc3ccc(-c4cc6c(C(=O)NC)c(-n7ccc(C)cc7=O)oc6cc4N(C)S)nc3-5)cc2=O)oc2cc(NC)c(B3OC(C)(C)C(C)(C)O3)cc12. The van der Waals surface area contributed by atoms with E-state index in [2.05, 4.69) is 33.3 Å². The highest BCUT2D eigenvalue weighted by atomic mass is 32.1. The van der Waals surface area contributed by atoms with Gasteiger partial charge >= 0.3 is 7.12 Å². The van der Waals surface area contributed by atoms with E-state index in [0.717, 1.165) is 16.8 Å². The minimum absolute atomic E-state index is 0.0446. The van der Waals surface area contributed by atoms with Crippen molar-refractivity contribution in [2.75, 3.05) is 37.8 Å². The van der Waals surface area contributed by atoms with E-state index in [1.165, 1.54) is 41.4 Å². The maximum atomic E-state index is 16.4. The number of pyridine rings is 3. The normalized spacial score (nSPS) is 14.7. The van der Waals surface area contributed by atoms with Crippen LogP contribution in [0, 0.1) is 12.7 Å². The number of thiol groups is 1. The van der Waals surface area contributed by atoms with Gasteiger partial charge in [0, 0.05) is 104 Å². The molecule has 0 aliphatic carbocycles. The molecular weight excluding hydrogens is 963 g/mol. The summed E-state index contributed by atoms with van der Waals surface area (Å²) in [4.78, 5) is 59.6. The summed E-state index contributed by atoms with van der Waals surface area (Å²) in [5.41, 5.74) is 7.43. The Labute approximate surface area is 429 Å². The third-order valence-corrected chi connectivity index (χ3v) is 14.9. The van der Waals surface area contributed by atoms with Crippen molar-refractivity contribution >= 4 is 81.4 Å². The smallest absolute Gasteiger partial charge is 0.439 e. The number of anilines is 2. The molecule has 6 aromatic heterocycles. The van der Waals surface area contributed by atoms with Crippen LogP contribution in [0.25, 0.3) is 67.3 Å². The summed E-state index contributed by atoms with van der Waals surface area (Å²) < 4.78 is 48.0. The molecule has 11 rings (SSSR count). The molecule has 1 fully saturated rings. The molecule has 9 aromatic rings. The summed E-state index contributed by atoms with van der Waals surface area (Å²) in [5.74, 6) is -1.17. The molecule has 0 atom stereocenters. The van der Waals surface area contributed by atoms with Crippen LogP contribution in [0.15, 0.2) is 110 Å². The van der Waals surface area contributed by atoms with Gasteiger partial charge in [-0.3, -0.25) is 28.3 Å². The molecular formula is C55H52BFN8O8S. The largest absolute Gasteiger partial charge is 0.496 e. The number of rotatable bonds is 10. The highest BCUT2D eigenvalue weighted by Crippen LogP contribution is 2.43. The molecule has 0 bridgehead atoms. The van der Waals surface area contributed by atoms with Crippen LogP contribution in [0.5, 0.6) is 0 Å². The Kier molecular flexibility index (Phi) is 11.6. The number of hydrogen-bond acceptors (Lipinski definition) is 12. The van der Waals surface area contributed by atoms with Gasteiger partial charge in [-0.25, -0.2) is 9.37 Å². The summed E-state index contributed by atoms with van der Waals surface area (Å²) in [7, 11) is 5.84. The van der Waals surface area contributed by atoms with Crippen LogP contribution in [0.4, 0.5) is 15.8 Å². The molecule has 1 saturated heterocycles. The van der Waals surface area contributed by atoms with E-state index in [4.69, 9.17) is 23.1 Å². The Hall–Kier alpha value is -7.87. The van der Waals surface area contributed by atoms with Gasteiger partial charge in [0.2, 0.25) is 11.8 Å². The van der Waals surface area contributed by atoms with E-state index >= 15 is 4.39 Å². The van der Waals surface area contributed by atoms with Crippen LogP contribution in [-0.2, 0) is 28.7 Å². The standard InChI is InChI=1S/C55H52BFN8O8S/c1-28-12-15-64(45(66)18-28)52-47(50(68)59-7)34-23-33(40(62(9)74)27-44(34)71-52)38-11-10-31-14-17-63-41-21-30(20-37(57)32(41)25-42(63)49(31)61-38)19-29-13-16-65(46(67)22-29)53-48(51(69)60-8)35-24-36(39(58-6)26-43(35)70-53)56-72-54(2,3)55(4,5)73-56/h10-13,15-16,18,20-27,58,74H,14,17,19H2,1-9H3,(H,59,68)(H,60,69). The van der Waals surface area contributed by atoms with Crippen LogP contribution in [-0.4, -0.2) is 77.0 Å². The zero-order valence-corrected chi connectivity index (χ0v) is 43.1. The van der Waals surface area contributed by atoms with Crippen LogP contribution in [0.1, 0.15) is 70.7 Å². The highest BCUT2D eigenvalue weighted by Gasteiger charge is 2.52. The molecule has 0 unspecified atom stereocenters. The van der Waals surface area contributed by atoms with Crippen molar-refractivity contribution in [1.29, 1.82) is 0 Å². The Morgan fingerprint density at radius 1 is 0.784 bits per heavy atom. The van der Waals surface area contributed by atoms with Crippen molar-refractivity contribution in [3.05, 3.63) is 151 Å². The number of furan rings is 2. The molecule has 2 aliphatic heterocycles. The third-order valence-electron chi connectivity index (χ3n) is 14.7. The summed E-state index contributed by atoms with van der Waals surface area (Å²) in [5, 5.41) is 9.96. The fourth-order valence-electron chi connectivity index (χ4n) is 10.1. The number of hydrogen-bond donors (Lipinski definition) is 4. The molecule has 0 spiro atoms. The number of nitrogens with zero attached hydrogens (tertiary/aromatic N) is 5. The van der Waals surface area contributed by atoms with E-state index in [9.17, 15) is 19.2 Å². The molecule has 16 nitrogen and oxygen atoms in total. The number of carbonyl (C=O) groups excluding carboxylic acids is 2. The average molecular weight is 1010 g/mol. The topological polar surface area (TPSA) is 180 Å². The number of aryl methyl sites for hydroxylation is 3. The van der Waals surface area contributed by atoms with Gasteiger partial charge in [0.1, 0.15) is 28.1 Å². The van der Waals surface area contributed by atoms with Crippen LogP contribution in [0.3, 0.4) is 0 Å². The maximum absolute atomic E-state index is 16.4. The monoisotopic (exact) mass is 1010 g/mol. The second-order valence-corrected chi connectivity index (χ2v) is 20.5.